The third-order valence-electron chi connectivity index (χ3n) is 4.50. The van der Waals surface area contributed by atoms with Crippen LogP contribution < -0.4 is 0 Å². The largest absolute Gasteiger partial charge is 0.387 e. The van der Waals surface area contributed by atoms with Gasteiger partial charge in [-0.3, -0.25) is 9.48 Å². The molecular weight excluding hydrogens is 334 g/mol. The Bertz CT molecular complexity index is 897. The van der Waals surface area contributed by atoms with Crippen molar-refractivity contribution >= 4 is 16.9 Å². The summed E-state index contributed by atoms with van der Waals surface area (Å²) < 4.78 is 7.40. The van der Waals surface area contributed by atoms with Crippen LogP contribution in [0.25, 0.3) is 11.0 Å². The van der Waals surface area contributed by atoms with E-state index in [1.165, 1.54) is 0 Å². The number of amides is 1. The highest BCUT2D eigenvalue weighted by atomic mass is 16.5. The number of nitrogens with zero attached hydrogens (tertiary/aromatic N) is 4. The molecule has 136 valence electrons. The number of fused-ring (bicyclic) bond motifs is 2. The zero-order chi connectivity index (χ0) is 18.1. The van der Waals surface area contributed by atoms with Gasteiger partial charge in [-0.25, -0.2) is 4.98 Å². The summed E-state index contributed by atoms with van der Waals surface area (Å²) in [5.41, 5.74) is 3.40. The second kappa shape index (κ2) is 6.89. The summed E-state index contributed by atoms with van der Waals surface area (Å²) in [4.78, 5) is 21.8. The van der Waals surface area contributed by atoms with E-state index in [4.69, 9.17) is 4.74 Å². The van der Waals surface area contributed by atoms with Gasteiger partial charge in [0.2, 0.25) is 5.91 Å². The molecule has 8 nitrogen and oxygen atoms in total. The van der Waals surface area contributed by atoms with Gasteiger partial charge in [-0.15, -0.1) is 0 Å². The van der Waals surface area contributed by atoms with Crippen LogP contribution in [0.15, 0.2) is 30.3 Å². The van der Waals surface area contributed by atoms with E-state index in [9.17, 15) is 9.90 Å². The summed E-state index contributed by atoms with van der Waals surface area (Å²) in [6.07, 6.45) is -0.607. The van der Waals surface area contributed by atoms with Gasteiger partial charge in [-0.2, -0.15) is 5.10 Å². The molecule has 0 aliphatic carbocycles. The summed E-state index contributed by atoms with van der Waals surface area (Å²) in [7, 11) is 0. The molecule has 0 saturated carbocycles. The highest BCUT2D eigenvalue weighted by molar-refractivity contribution is 5.77. The van der Waals surface area contributed by atoms with E-state index < -0.39 is 6.10 Å². The molecule has 1 aliphatic rings. The first-order valence-electron chi connectivity index (χ1n) is 8.64. The normalized spacial score (nSPS) is 15.2. The maximum Gasteiger partial charge on any atom is 0.249 e. The first-order valence-corrected chi connectivity index (χ1v) is 8.64. The molecule has 0 fully saturated rings. The van der Waals surface area contributed by atoms with Crippen molar-refractivity contribution in [2.45, 2.75) is 32.7 Å². The molecule has 2 N–H and O–H groups in total. The Kier molecular flexibility index (Phi) is 4.44. The molecule has 1 atom stereocenters. The monoisotopic (exact) mass is 355 g/mol. The van der Waals surface area contributed by atoms with Crippen LogP contribution in [0, 0.1) is 0 Å². The van der Waals surface area contributed by atoms with Crippen LogP contribution in [0.1, 0.15) is 30.2 Å². The molecule has 1 aromatic carbocycles. The molecule has 0 saturated heterocycles. The lowest BCUT2D eigenvalue weighted by atomic mass is 10.2. The third-order valence-corrected chi connectivity index (χ3v) is 4.50. The number of aromatic amines is 1. The molecule has 8 heteroatoms. The van der Waals surface area contributed by atoms with Crippen LogP contribution in [0.5, 0.6) is 0 Å². The Morgan fingerprint density at radius 2 is 2.23 bits per heavy atom. The topological polar surface area (TPSA) is 96.3 Å². The molecule has 1 aliphatic heterocycles. The number of rotatable bonds is 5. The summed E-state index contributed by atoms with van der Waals surface area (Å²) in [5.74, 6) is 0.643. The van der Waals surface area contributed by atoms with Crippen LogP contribution in [-0.2, 0) is 29.2 Å². The molecule has 2 aromatic heterocycles. The molecule has 3 aromatic rings. The minimum absolute atomic E-state index is 0.00838. The smallest absolute Gasteiger partial charge is 0.249 e. The Morgan fingerprint density at radius 1 is 1.38 bits per heavy atom. The average Bonchev–Trinajstić information content (AvgIpc) is 3.24. The quantitative estimate of drug-likeness (QED) is 0.721. The Hall–Kier alpha value is -2.71. The molecule has 0 unspecified atom stereocenters. The van der Waals surface area contributed by atoms with Crippen molar-refractivity contribution < 1.29 is 14.6 Å². The molecule has 3 heterocycles. The number of ether oxygens (including phenoxy) is 1. The third kappa shape index (κ3) is 3.33. The molecular formula is C18H21N5O3. The maximum atomic E-state index is 12.4. The molecule has 0 radical (unpaired) electrons. The van der Waals surface area contributed by atoms with E-state index in [2.05, 4.69) is 15.1 Å². The van der Waals surface area contributed by atoms with Gasteiger partial charge in [0, 0.05) is 6.54 Å². The van der Waals surface area contributed by atoms with Gasteiger partial charge >= 0.3 is 0 Å². The number of hydrogen-bond donors (Lipinski definition) is 2. The van der Waals surface area contributed by atoms with Gasteiger partial charge in [0.1, 0.15) is 19.0 Å². The zero-order valence-corrected chi connectivity index (χ0v) is 14.6. The van der Waals surface area contributed by atoms with Crippen molar-refractivity contribution in [1.82, 2.24) is 24.6 Å². The number of carbonyl (C=O) groups is 1. The number of aromatic nitrogens is 4. The molecule has 4 rings (SSSR count). The lowest BCUT2D eigenvalue weighted by Gasteiger charge is -2.27. The minimum Gasteiger partial charge on any atom is -0.387 e. The second-order valence-corrected chi connectivity index (χ2v) is 6.47. The van der Waals surface area contributed by atoms with E-state index in [0.29, 0.717) is 31.2 Å². The molecule has 1 amide bonds. The number of carbonyl (C=O) groups excluding carboxylic acids is 1. The van der Waals surface area contributed by atoms with E-state index in [-0.39, 0.29) is 19.1 Å². The fourth-order valence-corrected chi connectivity index (χ4v) is 3.11. The summed E-state index contributed by atoms with van der Waals surface area (Å²) in [6, 6.07) is 9.60. The Labute approximate surface area is 150 Å². The van der Waals surface area contributed by atoms with Crippen molar-refractivity contribution in [3.05, 3.63) is 47.5 Å². The standard InChI is InChI=1S/C18H21N5O3/c1-12(24)16-8-13-9-22(6-7-23(13)21-16)18(25)11-26-10-17-19-14-4-2-3-5-15(14)20-17/h2-5,8,12,24H,6-7,9-11H2,1H3,(H,19,20)/t12-/m0/s1. The lowest BCUT2D eigenvalue weighted by molar-refractivity contribution is -0.138. The SMILES string of the molecule is C[C@H](O)c1cc2n(n1)CCN(C(=O)COCc1nc3ccccc3[nH]1)C2. The molecule has 0 bridgehead atoms. The van der Waals surface area contributed by atoms with Crippen LogP contribution in [0.3, 0.4) is 0 Å². The van der Waals surface area contributed by atoms with Gasteiger partial charge in [-0.05, 0) is 25.1 Å². The fraction of sp³-hybridized carbons (Fsp3) is 0.389. The number of aliphatic hydroxyl groups is 1. The van der Waals surface area contributed by atoms with Crippen LogP contribution in [0.4, 0.5) is 0 Å². The zero-order valence-electron chi connectivity index (χ0n) is 14.6. The van der Waals surface area contributed by atoms with E-state index in [1.807, 2.05) is 35.0 Å². The summed E-state index contributed by atoms with van der Waals surface area (Å²) in [6.45, 7) is 3.64. The van der Waals surface area contributed by atoms with Gasteiger partial charge in [0.25, 0.3) is 0 Å². The van der Waals surface area contributed by atoms with Gasteiger partial charge in [0.05, 0.1) is 41.6 Å². The van der Waals surface area contributed by atoms with Crippen molar-refractivity contribution in [1.29, 1.82) is 0 Å². The van der Waals surface area contributed by atoms with Crippen molar-refractivity contribution in [3.63, 3.8) is 0 Å². The Morgan fingerprint density at radius 3 is 3.04 bits per heavy atom. The van der Waals surface area contributed by atoms with Gasteiger partial charge < -0.3 is 19.7 Å². The number of hydrogen-bond acceptors (Lipinski definition) is 5. The van der Waals surface area contributed by atoms with E-state index in [0.717, 1.165) is 16.7 Å². The van der Waals surface area contributed by atoms with E-state index >= 15 is 0 Å². The first-order chi connectivity index (χ1) is 12.6. The lowest BCUT2D eigenvalue weighted by Crippen LogP contribution is -2.40. The minimum atomic E-state index is -0.607. The summed E-state index contributed by atoms with van der Waals surface area (Å²) >= 11 is 0. The fourth-order valence-electron chi connectivity index (χ4n) is 3.11. The van der Waals surface area contributed by atoms with Crippen LogP contribution in [0.2, 0.25) is 0 Å². The number of imidazole rings is 1. The van der Waals surface area contributed by atoms with Gasteiger partial charge in [0.15, 0.2) is 0 Å². The first kappa shape index (κ1) is 16.7. The predicted octanol–water partition coefficient (Wildman–Crippen LogP) is 1.37. The number of nitrogens with one attached hydrogen (secondary N) is 1. The van der Waals surface area contributed by atoms with Crippen molar-refractivity contribution in [2.24, 2.45) is 0 Å². The predicted molar refractivity (Wildman–Crippen MR) is 94.0 cm³/mol. The van der Waals surface area contributed by atoms with E-state index in [1.54, 1.807) is 11.8 Å². The van der Waals surface area contributed by atoms with Crippen molar-refractivity contribution in [3.8, 4) is 0 Å². The van der Waals surface area contributed by atoms with Crippen LogP contribution in [-0.4, -0.2) is 48.8 Å². The average molecular weight is 355 g/mol. The second-order valence-electron chi connectivity index (χ2n) is 6.47. The highest BCUT2D eigenvalue weighted by Crippen LogP contribution is 2.18. The van der Waals surface area contributed by atoms with Gasteiger partial charge in [-0.1, -0.05) is 12.1 Å². The van der Waals surface area contributed by atoms with Crippen molar-refractivity contribution in [2.75, 3.05) is 13.2 Å². The summed E-state index contributed by atoms with van der Waals surface area (Å²) in [5, 5.41) is 14.0. The number of aliphatic hydroxyl groups excluding tert-OH is 1. The maximum absolute atomic E-state index is 12.4. The number of para-hydroxylation sites is 2. The number of benzene rings is 1. The highest BCUT2D eigenvalue weighted by Gasteiger charge is 2.23. The Balaban J connectivity index is 1.32. The molecule has 26 heavy (non-hydrogen) atoms. The number of H-pyrrole nitrogens is 1. The van der Waals surface area contributed by atoms with Crippen LogP contribution >= 0.6 is 0 Å². The molecule has 0 spiro atoms.